The second kappa shape index (κ2) is 36.2. The van der Waals surface area contributed by atoms with Gasteiger partial charge in [0.1, 0.15) is 0 Å². The molecule has 0 amide bonds. The van der Waals surface area contributed by atoms with E-state index in [1.54, 1.807) is 0 Å². The van der Waals surface area contributed by atoms with E-state index in [9.17, 15) is 0 Å². The van der Waals surface area contributed by atoms with Crippen LogP contribution in [0.15, 0.2) is 449 Å². The summed E-state index contributed by atoms with van der Waals surface area (Å²) in [5, 5.41) is 23.4. The molecule has 0 spiro atoms. The molecule has 0 radical (unpaired) electrons. The average Bonchev–Trinajstić information content (AvgIpc) is 1.52. The Balaban J connectivity index is 0.000000107. The molecule has 2 aliphatic carbocycles. The zero-order valence-corrected chi connectivity index (χ0v) is 81.0. The van der Waals surface area contributed by atoms with E-state index in [1.807, 2.05) is 0 Å². The van der Waals surface area contributed by atoms with Gasteiger partial charge in [0.25, 0.3) is 0 Å². The highest BCUT2D eigenvalue weighted by Crippen LogP contribution is 2.56. The Morgan fingerprint density at radius 3 is 0.572 bits per heavy atom. The van der Waals surface area contributed by atoms with Gasteiger partial charge in [-0.25, -0.2) is 0 Å². The second-order valence-electron chi connectivity index (χ2n) is 40.3. The maximum absolute atomic E-state index is 2.46. The smallest absolute Gasteiger partial charge is 0.0159 e. The monoisotopic (exact) mass is 1770 g/mol. The highest BCUT2D eigenvalue weighted by molar-refractivity contribution is 6.26. The van der Waals surface area contributed by atoms with Gasteiger partial charge >= 0.3 is 0 Å². The molecule has 0 heteroatoms. The predicted molar refractivity (Wildman–Crippen MR) is 598 cm³/mol. The van der Waals surface area contributed by atoms with Crippen LogP contribution in [-0.2, 0) is 10.8 Å². The van der Waals surface area contributed by atoms with Gasteiger partial charge in [-0.15, -0.1) is 0 Å². The first kappa shape index (κ1) is 87.7. The Kier molecular flexibility index (Phi) is 23.0. The van der Waals surface area contributed by atoms with E-state index in [4.69, 9.17) is 0 Å². The molecule has 0 aliphatic heterocycles. The van der Waals surface area contributed by atoms with E-state index in [2.05, 4.69) is 532 Å². The van der Waals surface area contributed by atoms with Crippen LogP contribution in [0.2, 0.25) is 0 Å². The van der Waals surface area contributed by atoms with Crippen LogP contribution in [0.5, 0.6) is 0 Å². The molecule has 666 valence electrons. The second-order valence-corrected chi connectivity index (χ2v) is 40.3. The fraction of sp³-hybridized carbons (Fsp3) is 0.130. The summed E-state index contributed by atoms with van der Waals surface area (Å²) in [6.07, 6.45) is 0. The van der Waals surface area contributed by atoms with Gasteiger partial charge in [-0.05, 0) is 295 Å². The largest absolute Gasteiger partial charge is 0.0622 e. The highest BCUT2D eigenvalue weighted by atomic mass is 14.4. The quantitative estimate of drug-likeness (QED) is 0.107. The molecular weight excluding hydrogens is 1660 g/mol. The van der Waals surface area contributed by atoms with Crippen molar-refractivity contribution in [3.63, 3.8) is 0 Å². The number of fused-ring (bicyclic) bond motifs is 15. The lowest BCUT2D eigenvalue weighted by molar-refractivity contribution is 0.660. The van der Waals surface area contributed by atoms with Crippen molar-refractivity contribution in [1.29, 1.82) is 0 Å². The van der Waals surface area contributed by atoms with Crippen LogP contribution in [0.3, 0.4) is 0 Å². The maximum Gasteiger partial charge on any atom is 0.0159 e. The molecule has 0 aromatic heterocycles. The lowest BCUT2D eigenvalue weighted by Gasteiger charge is -2.23. The molecular formula is C138H114. The summed E-state index contributed by atoms with van der Waals surface area (Å²) in [5.41, 5.74) is 37.4. The Morgan fingerprint density at radius 1 is 0.138 bits per heavy atom. The summed E-state index contributed by atoms with van der Waals surface area (Å²) in [7, 11) is 0. The van der Waals surface area contributed by atoms with Crippen molar-refractivity contribution in [2.24, 2.45) is 0 Å². The van der Waals surface area contributed by atoms with Gasteiger partial charge in [0, 0.05) is 10.8 Å². The molecule has 138 heavy (non-hydrogen) atoms. The van der Waals surface area contributed by atoms with Crippen molar-refractivity contribution in [3.05, 3.63) is 493 Å². The van der Waals surface area contributed by atoms with Gasteiger partial charge < -0.3 is 0 Å². The Labute approximate surface area is 813 Å². The van der Waals surface area contributed by atoms with Crippen LogP contribution in [0.4, 0.5) is 0 Å². The molecule has 2 aliphatic rings. The van der Waals surface area contributed by atoms with Crippen molar-refractivity contribution in [2.45, 2.75) is 118 Å². The number of hydrogen-bond donors (Lipinski definition) is 0. The third-order valence-electron chi connectivity index (χ3n) is 30.0. The number of rotatable bonds is 12. The van der Waals surface area contributed by atoms with E-state index in [0.717, 1.165) is 0 Å². The zero-order valence-electron chi connectivity index (χ0n) is 81.0. The molecule has 0 N–H and O–H groups in total. The van der Waals surface area contributed by atoms with Gasteiger partial charge in [-0.1, -0.05) is 514 Å². The molecule has 0 saturated carbocycles. The summed E-state index contributed by atoms with van der Waals surface area (Å²) in [6.45, 7) is 27.5. The summed E-state index contributed by atoms with van der Waals surface area (Å²) >= 11 is 0. The van der Waals surface area contributed by atoms with Gasteiger partial charge in [0.2, 0.25) is 0 Å². The molecule has 23 aromatic rings. The lowest BCUT2D eigenvalue weighted by Crippen LogP contribution is -2.14. The SMILES string of the molecule is CC(C)c1ccc(-c2c3ccccc3c(-c3ccc4c(c3)C(C)(C)c3ccccc3-4)c3ccccc23)cc1.CC(C)c1ccc(-c2c3ccccc3c(-c3ccc4c(c3)C(C)(C)c3ccccc3-4)c3ccccc23)cc1.CC(C)c1ccc(-c2c3ccccc3c(-c3ccc4ccccc4c3)c3ccccc23)cc1.CC(C)c1ccc(-c2c3ccccc3c(-c3ccccc3)c3ccccc23)cc1. The van der Waals surface area contributed by atoms with Gasteiger partial charge in [0.05, 0.1) is 0 Å². The summed E-state index contributed by atoms with van der Waals surface area (Å²) < 4.78 is 0. The van der Waals surface area contributed by atoms with E-state index in [1.165, 1.54) is 253 Å². The summed E-state index contributed by atoms with van der Waals surface area (Å²) in [5.74, 6) is 2.12. The predicted octanol–water partition coefficient (Wildman–Crippen LogP) is 39.6. The van der Waals surface area contributed by atoms with Gasteiger partial charge in [-0.2, -0.15) is 0 Å². The molecule has 0 unspecified atom stereocenters. The van der Waals surface area contributed by atoms with E-state index >= 15 is 0 Å². The van der Waals surface area contributed by atoms with E-state index < -0.39 is 0 Å². The van der Waals surface area contributed by atoms with Gasteiger partial charge in [0.15, 0.2) is 0 Å². The molecule has 0 bridgehead atoms. The van der Waals surface area contributed by atoms with Crippen LogP contribution in [0.1, 0.15) is 151 Å². The number of hydrogen-bond acceptors (Lipinski definition) is 0. The first-order chi connectivity index (χ1) is 67.3. The van der Waals surface area contributed by atoms with Crippen LogP contribution >= 0.6 is 0 Å². The van der Waals surface area contributed by atoms with E-state index in [0.29, 0.717) is 23.7 Å². The lowest BCUT2D eigenvalue weighted by atomic mass is 9.80. The fourth-order valence-corrected chi connectivity index (χ4v) is 22.8. The molecule has 0 heterocycles. The first-order valence-electron chi connectivity index (χ1n) is 49.5. The van der Waals surface area contributed by atoms with Crippen LogP contribution in [0.25, 0.3) is 208 Å². The fourth-order valence-electron chi connectivity index (χ4n) is 22.8. The third-order valence-corrected chi connectivity index (χ3v) is 30.0. The third kappa shape index (κ3) is 15.5. The average molecular weight is 1770 g/mol. The van der Waals surface area contributed by atoms with Gasteiger partial charge in [-0.3, -0.25) is 0 Å². The maximum atomic E-state index is 2.46. The summed E-state index contributed by atoms with van der Waals surface area (Å²) in [4.78, 5) is 0. The Hall–Kier alpha value is -15.6. The molecule has 25 rings (SSSR count). The Bertz CT molecular complexity index is 8120. The summed E-state index contributed by atoms with van der Waals surface area (Å²) in [6, 6.07) is 166. The van der Waals surface area contributed by atoms with Crippen molar-refractivity contribution >= 4 is 97.0 Å². The zero-order chi connectivity index (χ0) is 94.2. The first-order valence-corrected chi connectivity index (χ1v) is 49.5. The van der Waals surface area contributed by atoms with Crippen molar-refractivity contribution < 1.29 is 0 Å². The molecule has 0 atom stereocenters. The topological polar surface area (TPSA) is 0 Å². The molecule has 23 aromatic carbocycles. The number of benzene rings is 23. The minimum absolute atomic E-state index is 0.0222. The minimum Gasteiger partial charge on any atom is -0.0622 e. The van der Waals surface area contributed by atoms with Crippen LogP contribution < -0.4 is 0 Å². The van der Waals surface area contributed by atoms with Crippen LogP contribution in [0, 0.1) is 0 Å². The minimum atomic E-state index is -0.0222. The molecule has 0 saturated heterocycles. The molecule has 0 fully saturated rings. The van der Waals surface area contributed by atoms with Crippen LogP contribution in [-0.4, -0.2) is 0 Å². The Morgan fingerprint density at radius 2 is 0.319 bits per heavy atom. The molecule has 0 nitrogen and oxygen atoms in total. The normalized spacial score (nSPS) is 12.7. The van der Waals surface area contributed by atoms with Crippen molar-refractivity contribution in [3.8, 4) is 111 Å². The standard InChI is InChI=1S/2C38H32.C33H26.C29H24/c2*1-24(2)25-17-19-26(20-18-25)36-30-12-5-7-14-32(30)37(33-15-8-6-13-31(33)36)27-21-22-29-28-11-9-10-16-34(28)38(3,4)35(29)23-27;1-22(2)23-15-18-25(19-16-23)32-28-11-5-7-13-30(28)33(31-14-8-6-12-29(31)32)27-20-17-24-9-3-4-10-26(24)21-27;1-20(2)21-16-18-23(19-17-21)29-26-14-8-6-12-24(26)28(22-10-4-3-5-11-22)25-13-7-9-15-27(25)29/h2*5-24H,1-4H3;3-22H,1-2H3;3-20H,1-2H3. The van der Waals surface area contributed by atoms with E-state index in [-0.39, 0.29) is 10.8 Å². The van der Waals surface area contributed by atoms with Crippen molar-refractivity contribution in [2.75, 3.05) is 0 Å². The highest BCUT2D eigenvalue weighted by Gasteiger charge is 2.38. The van der Waals surface area contributed by atoms with Crippen molar-refractivity contribution in [1.82, 2.24) is 0 Å².